The van der Waals surface area contributed by atoms with Crippen molar-refractivity contribution in [1.82, 2.24) is 0 Å². The van der Waals surface area contributed by atoms with E-state index in [2.05, 4.69) is 20.4 Å². The Hall–Kier alpha value is -2.48. The molecule has 0 bridgehead atoms. The molecule has 0 saturated carbocycles. The van der Waals surface area contributed by atoms with Crippen molar-refractivity contribution in [3.8, 4) is 0 Å². The standard InChI is InChI=1S/C26H32O2/c1-4-6-18-23(25(27)21-14-10-8-11-15-21)20(3)24(19-7-5-2)26(28)22-16-12-9-13-17-22/h8-17,23-24H,3-7,18-19H2,1-2H3/t23-,24-/m0/s1. The van der Waals surface area contributed by atoms with Crippen molar-refractivity contribution in [2.24, 2.45) is 11.8 Å². The van der Waals surface area contributed by atoms with Crippen molar-refractivity contribution in [3.63, 3.8) is 0 Å². The first-order valence-electron chi connectivity index (χ1n) is 10.5. The molecule has 2 aromatic carbocycles. The topological polar surface area (TPSA) is 34.1 Å². The van der Waals surface area contributed by atoms with E-state index in [-0.39, 0.29) is 23.4 Å². The lowest BCUT2D eigenvalue weighted by molar-refractivity contribution is 0.0893. The van der Waals surface area contributed by atoms with Gasteiger partial charge in [0.2, 0.25) is 0 Å². The van der Waals surface area contributed by atoms with Crippen LogP contribution in [0.2, 0.25) is 0 Å². The summed E-state index contributed by atoms with van der Waals surface area (Å²) in [6, 6.07) is 18.8. The highest BCUT2D eigenvalue weighted by molar-refractivity contribution is 6.03. The number of carbonyl (C=O) groups excluding carboxylic acids is 2. The van der Waals surface area contributed by atoms with Crippen molar-refractivity contribution < 1.29 is 9.59 Å². The van der Waals surface area contributed by atoms with Crippen LogP contribution in [0.15, 0.2) is 72.8 Å². The third kappa shape index (κ3) is 5.76. The molecule has 0 saturated heterocycles. The number of hydrogen-bond donors (Lipinski definition) is 0. The van der Waals surface area contributed by atoms with Gasteiger partial charge in [0.1, 0.15) is 0 Å². The van der Waals surface area contributed by atoms with E-state index in [1.165, 1.54) is 0 Å². The highest BCUT2D eigenvalue weighted by Gasteiger charge is 2.31. The van der Waals surface area contributed by atoms with Gasteiger partial charge in [-0.3, -0.25) is 9.59 Å². The molecule has 0 N–H and O–H groups in total. The minimum atomic E-state index is -0.308. The van der Waals surface area contributed by atoms with Gasteiger partial charge in [0.25, 0.3) is 0 Å². The number of rotatable bonds is 12. The van der Waals surface area contributed by atoms with Crippen LogP contribution in [-0.2, 0) is 0 Å². The highest BCUT2D eigenvalue weighted by Crippen LogP contribution is 2.32. The summed E-state index contributed by atoms with van der Waals surface area (Å²) in [6.07, 6.45) is 5.41. The molecule has 0 spiro atoms. The molecule has 2 atom stereocenters. The smallest absolute Gasteiger partial charge is 0.169 e. The van der Waals surface area contributed by atoms with Crippen molar-refractivity contribution in [1.29, 1.82) is 0 Å². The Morgan fingerprint density at radius 1 is 0.714 bits per heavy atom. The second kappa shape index (κ2) is 11.4. The van der Waals surface area contributed by atoms with Crippen LogP contribution < -0.4 is 0 Å². The first kappa shape index (κ1) is 21.8. The first-order chi connectivity index (χ1) is 13.6. The Kier molecular flexibility index (Phi) is 8.87. The van der Waals surface area contributed by atoms with E-state index < -0.39 is 0 Å². The van der Waals surface area contributed by atoms with E-state index >= 15 is 0 Å². The minimum Gasteiger partial charge on any atom is -0.294 e. The van der Waals surface area contributed by atoms with Gasteiger partial charge in [0.05, 0.1) is 0 Å². The van der Waals surface area contributed by atoms with Crippen molar-refractivity contribution in [2.75, 3.05) is 0 Å². The van der Waals surface area contributed by atoms with Gasteiger partial charge in [-0.05, 0) is 12.8 Å². The van der Waals surface area contributed by atoms with E-state index in [0.29, 0.717) is 11.1 Å². The van der Waals surface area contributed by atoms with E-state index in [9.17, 15) is 9.59 Å². The van der Waals surface area contributed by atoms with Crippen molar-refractivity contribution in [2.45, 2.75) is 52.4 Å². The summed E-state index contributed by atoms with van der Waals surface area (Å²) in [5.41, 5.74) is 2.18. The molecule has 2 aromatic rings. The lowest BCUT2D eigenvalue weighted by atomic mass is 9.76. The number of ketones is 2. The van der Waals surface area contributed by atoms with E-state index in [0.717, 1.165) is 44.1 Å². The van der Waals surface area contributed by atoms with E-state index in [1.807, 2.05) is 60.7 Å². The van der Waals surface area contributed by atoms with Crippen LogP contribution in [-0.4, -0.2) is 11.6 Å². The number of carbonyl (C=O) groups is 2. The van der Waals surface area contributed by atoms with Gasteiger partial charge < -0.3 is 0 Å². The predicted molar refractivity (Wildman–Crippen MR) is 117 cm³/mol. The summed E-state index contributed by atoms with van der Waals surface area (Å²) in [5, 5.41) is 0. The molecule has 0 unspecified atom stereocenters. The fourth-order valence-electron chi connectivity index (χ4n) is 3.64. The zero-order valence-corrected chi connectivity index (χ0v) is 17.2. The maximum Gasteiger partial charge on any atom is 0.169 e. The largest absolute Gasteiger partial charge is 0.294 e. The number of unbranched alkanes of at least 4 members (excludes halogenated alkanes) is 2. The molecule has 0 aliphatic heterocycles. The van der Waals surface area contributed by atoms with Crippen LogP contribution in [0, 0.1) is 11.8 Å². The molecule has 0 aliphatic carbocycles. The second-order valence-electron chi connectivity index (χ2n) is 7.43. The summed E-state index contributed by atoms with van der Waals surface area (Å²) in [7, 11) is 0. The monoisotopic (exact) mass is 376 g/mol. The number of hydrogen-bond acceptors (Lipinski definition) is 2. The van der Waals surface area contributed by atoms with Gasteiger partial charge in [-0.25, -0.2) is 0 Å². The molecule has 0 fully saturated rings. The predicted octanol–water partition coefficient (Wildman–Crippen LogP) is 6.92. The Bertz CT molecular complexity index is 696. The Morgan fingerprint density at radius 3 is 1.39 bits per heavy atom. The minimum absolute atomic E-state index is 0.0846. The third-order valence-electron chi connectivity index (χ3n) is 5.34. The number of Topliss-reactive ketones (excluding diaryl/α,β-unsaturated/α-hetero) is 2. The Balaban J connectivity index is 2.33. The SMILES string of the molecule is C=C([C@H](CCCC)C(=O)c1ccccc1)[C@H](CCCC)C(=O)c1ccccc1. The second-order valence-corrected chi connectivity index (χ2v) is 7.43. The summed E-state index contributed by atoms with van der Waals surface area (Å²) < 4.78 is 0. The molecule has 148 valence electrons. The Morgan fingerprint density at radius 2 is 1.07 bits per heavy atom. The van der Waals surface area contributed by atoms with Gasteiger partial charge in [-0.15, -0.1) is 0 Å². The molecule has 2 heteroatoms. The van der Waals surface area contributed by atoms with Crippen LogP contribution in [0.25, 0.3) is 0 Å². The fourth-order valence-corrected chi connectivity index (χ4v) is 3.64. The van der Waals surface area contributed by atoms with Crippen LogP contribution in [0.1, 0.15) is 73.1 Å². The molecule has 0 amide bonds. The van der Waals surface area contributed by atoms with Gasteiger partial charge >= 0.3 is 0 Å². The summed E-state index contributed by atoms with van der Waals surface area (Å²) in [4.78, 5) is 26.5. The molecule has 2 rings (SSSR count). The van der Waals surface area contributed by atoms with E-state index in [4.69, 9.17) is 0 Å². The zero-order valence-electron chi connectivity index (χ0n) is 17.2. The quantitative estimate of drug-likeness (QED) is 0.297. The first-order valence-corrected chi connectivity index (χ1v) is 10.5. The fraction of sp³-hybridized carbons (Fsp3) is 0.385. The molecule has 0 radical (unpaired) electrons. The van der Waals surface area contributed by atoms with Crippen LogP contribution >= 0.6 is 0 Å². The maximum atomic E-state index is 13.3. The van der Waals surface area contributed by atoms with Crippen LogP contribution in [0.5, 0.6) is 0 Å². The van der Waals surface area contributed by atoms with Gasteiger partial charge in [0, 0.05) is 23.0 Å². The van der Waals surface area contributed by atoms with Gasteiger partial charge in [-0.2, -0.15) is 0 Å². The lowest BCUT2D eigenvalue weighted by Gasteiger charge is -2.25. The zero-order chi connectivity index (χ0) is 20.4. The summed E-state index contributed by atoms with van der Waals surface area (Å²) >= 11 is 0. The summed E-state index contributed by atoms with van der Waals surface area (Å²) in [6.45, 7) is 8.56. The number of allylic oxidation sites excluding steroid dienone is 1. The van der Waals surface area contributed by atoms with Crippen LogP contribution in [0.3, 0.4) is 0 Å². The summed E-state index contributed by atoms with van der Waals surface area (Å²) in [5.74, 6) is -0.448. The maximum absolute atomic E-state index is 13.3. The van der Waals surface area contributed by atoms with Crippen molar-refractivity contribution >= 4 is 11.6 Å². The molecule has 0 heterocycles. The molecule has 28 heavy (non-hydrogen) atoms. The van der Waals surface area contributed by atoms with Gasteiger partial charge in [0.15, 0.2) is 11.6 Å². The molecular weight excluding hydrogens is 344 g/mol. The molecule has 0 aromatic heterocycles. The number of benzene rings is 2. The highest BCUT2D eigenvalue weighted by atomic mass is 16.1. The molecule has 0 aliphatic rings. The molecular formula is C26H32O2. The van der Waals surface area contributed by atoms with Crippen LogP contribution in [0.4, 0.5) is 0 Å². The normalized spacial score (nSPS) is 12.9. The molecule has 2 nitrogen and oxygen atoms in total. The third-order valence-corrected chi connectivity index (χ3v) is 5.34. The Labute approximate surface area is 169 Å². The lowest BCUT2D eigenvalue weighted by Crippen LogP contribution is -2.26. The average Bonchev–Trinajstić information content (AvgIpc) is 2.75. The average molecular weight is 377 g/mol. The van der Waals surface area contributed by atoms with E-state index in [1.54, 1.807) is 0 Å². The van der Waals surface area contributed by atoms with Crippen molar-refractivity contribution in [3.05, 3.63) is 83.9 Å². The van der Waals surface area contributed by atoms with Gasteiger partial charge in [-0.1, -0.05) is 112 Å².